The van der Waals surface area contributed by atoms with Crippen LogP contribution < -0.4 is 0 Å². The van der Waals surface area contributed by atoms with Crippen molar-refractivity contribution in [3.8, 4) is 0 Å². The summed E-state index contributed by atoms with van der Waals surface area (Å²) in [6.07, 6.45) is 0. The Kier molecular flexibility index (Phi) is 2.78. The van der Waals surface area contributed by atoms with Crippen molar-refractivity contribution in [3.63, 3.8) is 0 Å². The summed E-state index contributed by atoms with van der Waals surface area (Å²) in [5, 5.41) is 0. The van der Waals surface area contributed by atoms with Crippen molar-refractivity contribution < 1.29 is 13.0 Å². The standard InChI is InChI=1S/C2H4O3S.Na/c1-2-6(3,4)5;/h1H3,(H,3,4,5);. The van der Waals surface area contributed by atoms with E-state index in [4.69, 9.17) is 4.55 Å². The minimum atomic E-state index is -3.76. The van der Waals surface area contributed by atoms with Gasteiger partial charge in [-0.2, -0.15) is 0 Å². The molecule has 0 aliphatic carbocycles. The van der Waals surface area contributed by atoms with Gasteiger partial charge in [-0.25, -0.2) is 0 Å². The molecule has 0 heterocycles. The quantitative estimate of drug-likeness (QED) is 0.387. The summed E-state index contributed by atoms with van der Waals surface area (Å²) in [6, 6.07) is 0. The van der Waals surface area contributed by atoms with Crippen LogP contribution in [0.15, 0.2) is 0 Å². The van der Waals surface area contributed by atoms with Crippen molar-refractivity contribution in [2.24, 2.45) is 0 Å². The van der Waals surface area contributed by atoms with Gasteiger partial charge in [0, 0.05) is 0 Å². The Labute approximate surface area is 60.3 Å². The molecule has 1 N–H and O–H groups in total. The van der Waals surface area contributed by atoms with Gasteiger partial charge in [0.25, 0.3) is 0 Å². The van der Waals surface area contributed by atoms with Gasteiger partial charge in [0.15, 0.2) is 0 Å². The molecule has 0 unspecified atom stereocenters. The van der Waals surface area contributed by atoms with Gasteiger partial charge in [0.2, 0.25) is 0 Å². The van der Waals surface area contributed by atoms with Gasteiger partial charge in [-0.3, -0.25) is 0 Å². The molecule has 0 fully saturated rings. The van der Waals surface area contributed by atoms with Crippen LogP contribution in [0, 0.1) is 2.50 Å². The van der Waals surface area contributed by atoms with Crippen LogP contribution in [0.3, 0.4) is 0 Å². The topological polar surface area (TPSA) is 54.4 Å². The van der Waals surface area contributed by atoms with Crippen LogP contribution in [0.4, 0.5) is 0 Å². The molecule has 0 bridgehead atoms. The summed E-state index contributed by atoms with van der Waals surface area (Å²) in [6.45, 7) is 1.39. The van der Waals surface area contributed by atoms with Crippen LogP contribution in [0.1, 0.15) is 6.92 Å². The maximum absolute atomic E-state index is 9.88. The van der Waals surface area contributed by atoms with Crippen molar-refractivity contribution in [2.45, 2.75) is 6.92 Å². The molecule has 0 amide bonds. The summed E-state index contributed by atoms with van der Waals surface area (Å²) in [5.41, 5.74) is 0. The van der Waals surface area contributed by atoms with Crippen LogP contribution in [0.2, 0.25) is 0 Å². The third kappa shape index (κ3) is 3.49. The van der Waals surface area contributed by atoms with E-state index in [1.54, 1.807) is 0 Å². The molecule has 1 radical (unpaired) electrons. The van der Waals surface area contributed by atoms with Crippen LogP contribution in [0.25, 0.3) is 0 Å². The van der Waals surface area contributed by atoms with Crippen LogP contribution in [-0.2, 0) is 10.1 Å². The van der Waals surface area contributed by atoms with Gasteiger partial charge in [0.1, 0.15) is 0 Å². The first-order valence-electron chi connectivity index (χ1n) is 1.72. The first-order valence-corrected chi connectivity index (χ1v) is 4.16. The fraction of sp³-hybridized carbons (Fsp3) is 0.500. The predicted molar refractivity (Wildman–Crippen MR) is 26.2 cm³/mol. The Hall–Kier alpha value is 0.910. The van der Waals surface area contributed by atoms with Gasteiger partial charge in [-0.05, 0) is 0 Å². The normalized spacial score (nSPS) is 12.7. The first kappa shape index (κ1) is 7.91. The third-order valence-electron chi connectivity index (χ3n) is 0.516. The molecule has 0 saturated carbocycles. The van der Waals surface area contributed by atoms with Gasteiger partial charge in [-0.15, -0.1) is 0 Å². The van der Waals surface area contributed by atoms with Crippen molar-refractivity contribution >= 4 is 38.0 Å². The predicted octanol–water partition coefficient (Wildman–Crippen LogP) is -0.448. The zero-order chi connectivity index (χ0) is 6.08. The molecule has 0 aromatic rings. The first-order chi connectivity index (χ1) is 2.94. The monoisotopic (exact) mass is 131 g/mol. The van der Waals surface area contributed by atoms with Crippen LogP contribution in [-0.4, -0.2) is 40.9 Å². The average Bonchev–Trinajstić information content (AvgIpc) is 1.31. The molecule has 0 aliphatic rings. The summed E-state index contributed by atoms with van der Waals surface area (Å²) >= 11 is 0.407. The fourth-order valence-corrected chi connectivity index (χ4v) is 0. The van der Waals surface area contributed by atoms with E-state index >= 15 is 0 Å². The summed E-state index contributed by atoms with van der Waals surface area (Å²) in [4.78, 5) is 0. The Morgan fingerprint density at radius 1 is 1.71 bits per heavy atom. The zero-order valence-corrected chi connectivity index (χ0v) is 6.99. The number of hydrogen-bond donors (Lipinski definition) is 1. The van der Waals surface area contributed by atoms with E-state index < -0.39 is 10.1 Å². The molecule has 5 heteroatoms. The molecular formula is C2H4NaO3S. The van der Waals surface area contributed by atoms with Crippen molar-refractivity contribution in [1.82, 2.24) is 0 Å². The molecule has 0 saturated heterocycles. The van der Waals surface area contributed by atoms with Gasteiger partial charge in [-0.1, -0.05) is 0 Å². The molecule has 0 rings (SSSR count). The second kappa shape index (κ2) is 2.46. The molecule has 37 valence electrons. The fourth-order valence-electron chi connectivity index (χ4n) is 0. The Balaban J connectivity index is 4.10. The third-order valence-corrected chi connectivity index (χ3v) is 3.10. The molecular weight excluding hydrogens is 127 g/mol. The van der Waals surface area contributed by atoms with Crippen LogP contribution >= 0.6 is 0 Å². The Bertz CT molecular complexity index is 135. The number of rotatable bonds is 1. The van der Waals surface area contributed by atoms with E-state index in [1.807, 2.05) is 0 Å². The molecule has 7 heavy (non-hydrogen) atoms. The van der Waals surface area contributed by atoms with Crippen LogP contribution in [0.5, 0.6) is 0 Å². The SMILES string of the molecule is C[C]([Na])S(=O)(=O)O. The molecule has 3 nitrogen and oxygen atoms in total. The van der Waals surface area contributed by atoms with Gasteiger partial charge >= 0.3 is 60.4 Å². The van der Waals surface area contributed by atoms with Gasteiger partial charge in [0.05, 0.1) is 0 Å². The summed E-state index contributed by atoms with van der Waals surface area (Å²) in [5.74, 6) is 0. The van der Waals surface area contributed by atoms with E-state index in [0.29, 0.717) is 27.9 Å². The zero-order valence-electron chi connectivity index (χ0n) is 4.17. The molecule has 0 atom stereocenters. The summed E-state index contributed by atoms with van der Waals surface area (Å²) < 4.78 is 28.0. The van der Waals surface area contributed by atoms with E-state index in [1.165, 1.54) is 6.92 Å². The Morgan fingerprint density at radius 2 is 1.86 bits per heavy atom. The molecule has 0 aromatic heterocycles. The molecule has 0 spiro atoms. The van der Waals surface area contributed by atoms with Crippen molar-refractivity contribution in [1.29, 1.82) is 0 Å². The Morgan fingerprint density at radius 3 is 1.86 bits per heavy atom. The van der Waals surface area contributed by atoms with Crippen molar-refractivity contribution in [2.75, 3.05) is 0 Å². The maximum atomic E-state index is 9.88. The minimum absolute atomic E-state index is 0.160. The van der Waals surface area contributed by atoms with E-state index in [9.17, 15) is 8.42 Å². The second-order valence-electron chi connectivity index (χ2n) is 1.38. The second-order valence-corrected chi connectivity index (χ2v) is 5.37. The van der Waals surface area contributed by atoms with E-state index in [-0.39, 0.29) is 2.50 Å². The summed E-state index contributed by atoms with van der Waals surface area (Å²) in [7, 11) is -3.76. The number of hydrogen-bond acceptors (Lipinski definition) is 2. The average molecular weight is 131 g/mol. The van der Waals surface area contributed by atoms with Crippen molar-refractivity contribution in [3.05, 3.63) is 2.50 Å². The van der Waals surface area contributed by atoms with E-state index in [2.05, 4.69) is 0 Å². The molecule has 0 aromatic carbocycles. The van der Waals surface area contributed by atoms with Gasteiger partial charge < -0.3 is 0 Å². The van der Waals surface area contributed by atoms with E-state index in [0.717, 1.165) is 0 Å². The molecule has 0 aliphatic heterocycles.